The van der Waals surface area contributed by atoms with Crippen LogP contribution in [-0.4, -0.2) is 72.7 Å². The summed E-state index contributed by atoms with van der Waals surface area (Å²) < 4.78 is 5.31. The van der Waals surface area contributed by atoms with E-state index in [1.54, 1.807) is 0 Å². The number of carbonyl (C=O) groups is 2. The molecule has 1 saturated carbocycles. The largest absolute Gasteiger partial charge is 0.381 e. The molecule has 0 bridgehead atoms. The van der Waals surface area contributed by atoms with Crippen molar-refractivity contribution in [2.75, 3.05) is 39.4 Å². The molecule has 7 nitrogen and oxygen atoms in total. The van der Waals surface area contributed by atoms with Crippen LogP contribution in [0.4, 0.5) is 4.79 Å². The van der Waals surface area contributed by atoms with Crippen LogP contribution in [0.25, 0.3) is 0 Å². The van der Waals surface area contributed by atoms with Crippen LogP contribution in [-0.2, 0) is 9.53 Å². The lowest BCUT2D eigenvalue weighted by Crippen LogP contribution is -2.62. The van der Waals surface area contributed by atoms with Crippen LogP contribution in [0.3, 0.4) is 0 Å². The average Bonchev–Trinajstić information content (AvgIpc) is 2.63. The molecule has 0 atom stereocenters. The summed E-state index contributed by atoms with van der Waals surface area (Å²) in [6, 6.07) is 0.336. The number of nitrogens with two attached hydrogens (primary N) is 1. The number of ether oxygens (including phenoxy) is 1. The van der Waals surface area contributed by atoms with Crippen LogP contribution < -0.4 is 11.1 Å². The monoisotopic (exact) mass is 374 g/mol. The van der Waals surface area contributed by atoms with Gasteiger partial charge in [0.05, 0.1) is 5.54 Å². The minimum Gasteiger partial charge on any atom is -0.381 e. The molecule has 3 N–H and O–H groups in total. The third-order valence-corrected chi connectivity index (χ3v) is 5.60. The summed E-state index contributed by atoms with van der Waals surface area (Å²) in [4.78, 5) is 28.7. The van der Waals surface area contributed by atoms with Gasteiger partial charge < -0.3 is 25.6 Å². The number of piperazine rings is 1. The van der Waals surface area contributed by atoms with Crippen LogP contribution in [0.5, 0.6) is 0 Å². The molecule has 25 heavy (non-hydrogen) atoms. The van der Waals surface area contributed by atoms with Crippen LogP contribution in [0, 0.1) is 0 Å². The molecule has 3 fully saturated rings. The van der Waals surface area contributed by atoms with Crippen LogP contribution >= 0.6 is 12.4 Å². The van der Waals surface area contributed by atoms with Gasteiger partial charge in [-0.15, -0.1) is 12.4 Å². The van der Waals surface area contributed by atoms with E-state index in [4.69, 9.17) is 10.5 Å². The quantitative estimate of drug-likeness (QED) is 0.757. The Bertz CT molecular complexity index is 457. The van der Waals surface area contributed by atoms with E-state index in [0.717, 1.165) is 12.8 Å². The maximum absolute atomic E-state index is 12.7. The van der Waals surface area contributed by atoms with Crippen molar-refractivity contribution in [1.29, 1.82) is 0 Å². The van der Waals surface area contributed by atoms with Crippen LogP contribution in [0.2, 0.25) is 0 Å². The van der Waals surface area contributed by atoms with Gasteiger partial charge in [0.1, 0.15) is 0 Å². The highest BCUT2D eigenvalue weighted by molar-refractivity contribution is 5.86. The Morgan fingerprint density at radius 3 is 2.12 bits per heavy atom. The van der Waals surface area contributed by atoms with E-state index in [2.05, 4.69) is 5.32 Å². The lowest BCUT2D eigenvalue weighted by Gasteiger charge is -2.41. The van der Waals surface area contributed by atoms with Crippen molar-refractivity contribution in [3.63, 3.8) is 0 Å². The molecule has 3 rings (SSSR count). The van der Waals surface area contributed by atoms with Gasteiger partial charge in [-0.2, -0.15) is 0 Å². The molecule has 2 saturated heterocycles. The van der Waals surface area contributed by atoms with Crippen molar-refractivity contribution >= 4 is 24.3 Å². The van der Waals surface area contributed by atoms with Crippen molar-refractivity contribution in [1.82, 2.24) is 15.1 Å². The van der Waals surface area contributed by atoms with Crippen LogP contribution in [0.1, 0.15) is 44.9 Å². The molecule has 2 aliphatic heterocycles. The van der Waals surface area contributed by atoms with Gasteiger partial charge in [0.15, 0.2) is 0 Å². The van der Waals surface area contributed by atoms with Gasteiger partial charge in [-0.25, -0.2) is 4.79 Å². The summed E-state index contributed by atoms with van der Waals surface area (Å²) in [7, 11) is 0. The number of hydrogen-bond donors (Lipinski definition) is 2. The lowest BCUT2D eigenvalue weighted by atomic mass is 9.89. The van der Waals surface area contributed by atoms with E-state index >= 15 is 0 Å². The Balaban J connectivity index is 0.00000225. The highest BCUT2D eigenvalue weighted by Crippen LogP contribution is 2.22. The van der Waals surface area contributed by atoms with Crippen molar-refractivity contribution < 1.29 is 14.3 Å². The summed E-state index contributed by atoms with van der Waals surface area (Å²) >= 11 is 0. The van der Waals surface area contributed by atoms with Gasteiger partial charge in [-0.1, -0.05) is 19.3 Å². The van der Waals surface area contributed by atoms with Gasteiger partial charge in [0, 0.05) is 45.4 Å². The molecule has 0 aromatic rings. The molecule has 3 amide bonds. The lowest BCUT2D eigenvalue weighted by molar-refractivity contribution is -0.142. The maximum Gasteiger partial charge on any atom is 0.317 e. The number of hydrogen-bond acceptors (Lipinski definition) is 4. The molecule has 0 aromatic heterocycles. The predicted molar refractivity (Wildman–Crippen MR) is 97.8 cm³/mol. The molecule has 0 radical (unpaired) electrons. The van der Waals surface area contributed by atoms with E-state index in [1.807, 2.05) is 9.80 Å². The van der Waals surface area contributed by atoms with Crippen molar-refractivity contribution in [2.24, 2.45) is 5.73 Å². The van der Waals surface area contributed by atoms with Crippen molar-refractivity contribution in [3.8, 4) is 0 Å². The fourth-order valence-corrected chi connectivity index (χ4v) is 3.89. The van der Waals surface area contributed by atoms with Gasteiger partial charge in [-0.05, 0) is 25.7 Å². The molecule has 1 aliphatic carbocycles. The fourth-order valence-electron chi connectivity index (χ4n) is 3.89. The highest BCUT2D eigenvalue weighted by Gasteiger charge is 2.40. The van der Waals surface area contributed by atoms with E-state index in [-0.39, 0.29) is 24.3 Å². The summed E-state index contributed by atoms with van der Waals surface area (Å²) in [5.74, 6) is 0.0122. The van der Waals surface area contributed by atoms with E-state index in [1.165, 1.54) is 19.3 Å². The Morgan fingerprint density at radius 1 is 0.960 bits per heavy atom. The number of amides is 3. The second kappa shape index (κ2) is 9.05. The summed E-state index contributed by atoms with van der Waals surface area (Å²) in [6.45, 7) is 3.39. The second-order valence-corrected chi connectivity index (χ2v) is 7.33. The zero-order valence-corrected chi connectivity index (χ0v) is 15.7. The molecule has 2 heterocycles. The maximum atomic E-state index is 12.7. The Labute approximate surface area is 156 Å². The van der Waals surface area contributed by atoms with Crippen molar-refractivity contribution in [3.05, 3.63) is 0 Å². The third kappa shape index (κ3) is 4.99. The predicted octanol–water partition coefficient (Wildman–Crippen LogP) is 1.10. The van der Waals surface area contributed by atoms with Gasteiger partial charge in [-0.3, -0.25) is 4.79 Å². The molecule has 3 aliphatic rings. The van der Waals surface area contributed by atoms with E-state index < -0.39 is 5.54 Å². The van der Waals surface area contributed by atoms with E-state index in [0.29, 0.717) is 58.3 Å². The van der Waals surface area contributed by atoms with Gasteiger partial charge in [0.2, 0.25) is 5.91 Å². The zero-order valence-electron chi connectivity index (χ0n) is 14.9. The number of nitrogens with zero attached hydrogens (tertiary/aromatic N) is 2. The summed E-state index contributed by atoms with van der Waals surface area (Å²) in [5, 5.41) is 3.15. The first-order valence-corrected chi connectivity index (χ1v) is 9.30. The van der Waals surface area contributed by atoms with Gasteiger partial charge >= 0.3 is 6.03 Å². The van der Waals surface area contributed by atoms with Crippen molar-refractivity contribution in [2.45, 2.75) is 56.5 Å². The number of carbonyl (C=O) groups excluding carboxylic acids is 2. The number of rotatable bonds is 2. The van der Waals surface area contributed by atoms with E-state index in [9.17, 15) is 9.59 Å². The zero-order chi connectivity index (χ0) is 17.0. The summed E-state index contributed by atoms with van der Waals surface area (Å²) in [5.41, 5.74) is 5.50. The SMILES string of the molecule is Cl.NC1(C(=O)N2CCN(C(=O)NC3CCCCC3)CC2)CCOCC1. The highest BCUT2D eigenvalue weighted by atomic mass is 35.5. The van der Waals surface area contributed by atoms with Gasteiger partial charge in [0.25, 0.3) is 0 Å². The second-order valence-electron chi connectivity index (χ2n) is 7.33. The Kier molecular flexibility index (Phi) is 7.34. The molecular weight excluding hydrogens is 344 g/mol. The standard InChI is InChI=1S/C17H30N4O3.ClH/c18-17(6-12-24-13-7-17)15(22)20-8-10-21(11-9-20)16(23)19-14-4-2-1-3-5-14;/h14H,1-13,18H2,(H,19,23);1H. The summed E-state index contributed by atoms with van der Waals surface area (Å²) in [6.07, 6.45) is 7.01. The molecular formula is C17H31ClN4O3. The molecule has 144 valence electrons. The molecule has 0 spiro atoms. The molecule has 0 unspecified atom stereocenters. The first kappa shape index (κ1) is 20.3. The van der Waals surface area contributed by atoms with Crippen LogP contribution in [0.15, 0.2) is 0 Å². The number of urea groups is 1. The minimum atomic E-state index is -0.787. The first-order chi connectivity index (χ1) is 11.6. The Hall–Kier alpha value is -1.05. The number of halogens is 1. The Morgan fingerprint density at radius 2 is 1.52 bits per heavy atom. The third-order valence-electron chi connectivity index (χ3n) is 5.60. The number of nitrogens with one attached hydrogen (secondary N) is 1. The fraction of sp³-hybridized carbons (Fsp3) is 0.882. The first-order valence-electron chi connectivity index (χ1n) is 9.30. The topological polar surface area (TPSA) is 87.9 Å². The average molecular weight is 375 g/mol. The molecule has 0 aromatic carbocycles. The normalized spacial score (nSPS) is 24.4. The smallest absolute Gasteiger partial charge is 0.317 e. The minimum absolute atomic E-state index is 0. The molecule has 8 heteroatoms.